The van der Waals surface area contributed by atoms with Gasteiger partial charge in [0.1, 0.15) is 0 Å². The van der Waals surface area contributed by atoms with Gasteiger partial charge in [0, 0.05) is 17.8 Å². The number of nitrogens with one attached hydrogen (secondary N) is 1. The molecular formula is C18H30N2. The van der Waals surface area contributed by atoms with Gasteiger partial charge in [-0.1, -0.05) is 32.9 Å². The SMILES string of the molecule is CC(C)(CN1CCCC1)Nc1ccc(C(C)(C)C)cc1. The molecule has 1 aromatic rings. The Morgan fingerprint density at radius 3 is 2.00 bits per heavy atom. The van der Waals surface area contributed by atoms with Crippen LogP contribution >= 0.6 is 0 Å². The molecule has 20 heavy (non-hydrogen) atoms. The molecule has 0 bridgehead atoms. The van der Waals surface area contributed by atoms with Gasteiger partial charge < -0.3 is 10.2 Å². The topological polar surface area (TPSA) is 15.3 Å². The lowest BCUT2D eigenvalue weighted by molar-refractivity contribution is 0.284. The molecule has 1 heterocycles. The summed E-state index contributed by atoms with van der Waals surface area (Å²) >= 11 is 0. The summed E-state index contributed by atoms with van der Waals surface area (Å²) in [4.78, 5) is 2.57. The first kappa shape index (κ1) is 15.4. The van der Waals surface area contributed by atoms with Gasteiger partial charge in [-0.15, -0.1) is 0 Å². The molecule has 0 radical (unpaired) electrons. The van der Waals surface area contributed by atoms with Crippen molar-refractivity contribution in [1.82, 2.24) is 4.90 Å². The van der Waals surface area contributed by atoms with E-state index in [1.54, 1.807) is 0 Å². The highest BCUT2D eigenvalue weighted by molar-refractivity contribution is 5.47. The summed E-state index contributed by atoms with van der Waals surface area (Å²) in [6.07, 6.45) is 2.71. The Labute approximate surface area is 124 Å². The van der Waals surface area contributed by atoms with Crippen LogP contribution < -0.4 is 5.32 Å². The maximum Gasteiger partial charge on any atom is 0.0444 e. The molecule has 1 aliphatic rings. The second-order valence-electron chi connectivity index (χ2n) is 7.82. The van der Waals surface area contributed by atoms with Gasteiger partial charge in [-0.25, -0.2) is 0 Å². The minimum Gasteiger partial charge on any atom is -0.379 e. The standard InChI is InChI=1S/C18H30N2/c1-17(2,3)15-8-10-16(11-9-15)19-18(4,5)14-20-12-6-7-13-20/h8-11,19H,6-7,12-14H2,1-5H3. The Kier molecular flexibility index (Phi) is 4.43. The molecule has 0 amide bonds. The maximum atomic E-state index is 3.68. The van der Waals surface area contributed by atoms with Gasteiger partial charge in [-0.2, -0.15) is 0 Å². The average molecular weight is 274 g/mol. The van der Waals surface area contributed by atoms with Crippen LogP contribution in [-0.4, -0.2) is 30.1 Å². The van der Waals surface area contributed by atoms with Crippen LogP contribution in [0.2, 0.25) is 0 Å². The van der Waals surface area contributed by atoms with E-state index in [-0.39, 0.29) is 11.0 Å². The van der Waals surface area contributed by atoms with Crippen molar-refractivity contribution in [2.24, 2.45) is 0 Å². The molecule has 0 unspecified atom stereocenters. The van der Waals surface area contributed by atoms with Crippen molar-refractivity contribution < 1.29 is 0 Å². The van der Waals surface area contributed by atoms with Gasteiger partial charge in [-0.05, 0) is 62.9 Å². The molecule has 2 rings (SSSR count). The monoisotopic (exact) mass is 274 g/mol. The number of anilines is 1. The van der Waals surface area contributed by atoms with E-state index in [0.29, 0.717) is 0 Å². The van der Waals surface area contributed by atoms with Gasteiger partial charge in [-0.3, -0.25) is 0 Å². The van der Waals surface area contributed by atoms with E-state index in [0.717, 1.165) is 6.54 Å². The molecule has 2 nitrogen and oxygen atoms in total. The van der Waals surface area contributed by atoms with Gasteiger partial charge in [0.2, 0.25) is 0 Å². The number of nitrogens with zero attached hydrogens (tertiary/aromatic N) is 1. The van der Waals surface area contributed by atoms with Crippen LogP contribution in [0.1, 0.15) is 53.0 Å². The Morgan fingerprint density at radius 1 is 0.950 bits per heavy atom. The highest BCUT2D eigenvalue weighted by Crippen LogP contribution is 2.25. The predicted octanol–water partition coefficient (Wildman–Crippen LogP) is 4.27. The van der Waals surface area contributed by atoms with E-state index in [1.165, 1.54) is 37.2 Å². The van der Waals surface area contributed by atoms with Gasteiger partial charge in [0.25, 0.3) is 0 Å². The highest BCUT2D eigenvalue weighted by atomic mass is 15.2. The number of hydrogen-bond donors (Lipinski definition) is 1. The summed E-state index contributed by atoms with van der Waals surface area (Å²) in [6, 6.07) is 8.92. The number of likely N-dealkylation sites (tertiary alicyclic amines) is 1. The molecule has 1 saturated heterocycles. The first-order valence-electron chi connectivity index (χ1n) is 7.87. The molecule has 0 saturated carbocycles. The normalized spacial score (nSPS) is 17.4. The summed E-state index contributed by atoms with van der Waals surface area (Å²) in [5.41, 5.74) is 2.96. The lowest BCUT2D eigenvalue weighted by atomic mass is 9.87. The molecule has 0 spiro atoms. The smallest absolute Gasteiger partial charge is 0.0444 e. The minimum absolute atomic E-state index is 0.119. The fourth-order valence-corrected chi connectivity index (χ4v) is 2.98. The van der Waals surface area contributed by atoms with E-state index in [1.807, 2.05) is 0 Å². The molecule has 2 heteroatoms. The van der Waals surface area contributed by atoms with Crippen LogP contribution in [0.4, 0.5) is 5.69 Å². The first-order valence-corrected chi connectivity index (χ1v) is 7.87. The van der Waals surface area contributed by atoms with Crippen LogP contribution in [0.5, 0.6) is 0 Å². The molecule has 1 fully saturated rings. The van der Waals surface area contributed by atoms with Gasteiger partial charge >= 0.3 is 0 Å². The molecule has 0 aromatic heterocycles. The molecule has 112 valence electrons. The average Bonchev–Trinajstić information content (AvgIpc) is 2.79. The van der Waals surface area contributed by atoms with Gasteiger partial charge in [0.15, 0.2) is 0 Å². The van der Waals surface area contributed by atoms with Crippen LogP contribution in [-0.2, 0) is 5.41 Å². The zero-order chi connectivity index (χ0) is 14.8. The van der Waals surface area contributed by atoms with Crippen molar-refractivity contribution in [2.45, 2.75) is 58.4 Å². The maximum absolute atomic E-state index is 3.68. The van der Waals surface area contributed by atoms with Crippen LogP contribution in [0, 0.1) is 0 Å². The van der Waals surface area contributed by atoms with Crippen LogP contribution in [0.3, 0.4) is 0 Å². The summed E-state index contributed by atoms with van der Waals surface area (Å²) in [5.74, 6) is 0. The third kappa shape index (κ3) is 4.24. The zero-order valence-electron chi connectivity index (χ0n) is 13.8. The summed E-state index contributed by atoms with van der Waals surface area (Å²) in [5, 5.41) is 3.68. The quantitative estimate of drug-likeness (QED) is 0.882. The summed E-state index contributed by atoms with van der Waals surface area (Å²) in [7, 11) is 0. The number of benzene rings is 1. The number of rotatable bonds is 4. The van der Waals surface area contributed by atoms with Crippen molar-refractivity contribution in [2.75, 3.05) is 25.0 Å². The highest BCUT2D eigenvalue weighted by Gasteiger charge is 2.23. The zero-order valence-corrected chi connectivity index (χ0v) is 13.8. The second-order valence-corrected chi connectivity index (χ2v) is 7.82. The van der Waals surface area contributed by atoms with E-state index in [4.69, 9.17) is 0 Å². The molecule has 0 aliphatic carbocycles. The fourth-order valence-electron chi connectivity index (χ4n) is 2.98. The molecular weight excluding hydrogens is 244 g/mol. The molecule has 1 aromatic carbocycles. The third-order valence-electron chi connectivity index (χ3n) is 4.05. The lowest BCUT2D eigenvalue weighted by Gasteiger charge is -2.32. The molecule has 1 N–H and O–H groups in total. The summed E-state index contributed by atoms with van der Waals surface area (Å²) in [6.45, 7) is 15.0. The van der Waals surface area contributed by atoms with Crippen molar-refractivity contribution >= 4 is 5.69 Å². The van der Waals surface area contributed by atoms with Crippen LogP contribution in [0.15, 0.2) is 24.3 Å². The Hall–Kier alpha value is -1.02. The van der Waals surface area contributed by atoms with E-state index >= 15 is 0 Å². The Balaban J connectivity index is 1.97. The van der Waals surface area contributed by atoms with Crippen molar-refractivity contribution in [3.63, 3.8) is 0 Å². The first-order chi connectivity index (χ1) is 9.26. The largest absolute Gasteiger partial charge is 0.379 e. The van der Waals surface area contributed by atoms with Crippen molar-refractivity contribution in [1.29, 1.82) is 0 Å². The second kappa shape index (κ2) is 5.77. The lowest BCUT2D eigenvalue weighted by Crippen LogP contribution is -2.43. The Bertz CT molecular complexity index is 420. The summed E-state index contributed by atoms with van der Waals surface area (Å²) < 4.78 is 0. The molecule has 0 atom stereocenters. The minimum atomic E-state index is 0.119. The van der Waals surface area contributed by atoms with E-state index in [9.17, 15) is 0 Å². The Morgan fingerprint density at radius 2 is 1.50 bits per heavy atom. The van der Waals surface area contributed by atoms with Crippen molar-refractivity contribution in [3.05, 3.63) is 29.8 Å². The fraction of sp³-hybridized carbons (Fsp3) is 0.667. The van der Waals surface area contributed by atoms with Gasteiger partial charge in [0.05, 0.1) is 0 Å². The molecule has 1 aliphatic heterocycles. The van der Waals surface area contributed by atoms with E-state index in [2.05, 4.69) is 69.1 Å². The van der Waals surface area contributed by atoms with Crippen LogP contribution in [0.25, 0.3) is 0 Å². The third-order valence-corrected chi connectivity index (χ3v) is 4.05. The number of hydrogen-bond acceptors (Lipinski definition) is 2. The predicted molar refractivity (Wildman–Crippen MR) is 88.5 cm³/mol. The van der Waals surface area contributed by atoms with E-state index < -0.39 is 0 Å². The van der Waals surface area contributed by atoms with Crippen molar-refractivity contribution in [3.8, 4) is 0 Å².